The molecule has 0 bridgehead atoms. The normalized spacial score (nSPS) is 18.9. The summed E-state index contributed by atoms with van der Waals surface area (Å²) in [4.78, 5) is 25.6. The van der Waals surface area contributed by atoms with E-state index >= 15 is 0 Å². The molecule has 0 radical (unpaired) electrons. The minimum atomic E-state index is 0.0293. The third kappa shape index (κ3) is 4.23. The molecule has 3 heterocycles. The van der Waals surface area contributed by atoms with E-state index in [-0.39, 0.29) is 5.91 Å². The van der Waals surface area contributed by atoms with Crippen LogP contribution in [0.5, 0.6) is 0 Å². The van der Waals surface area contributed by atoms with Crippen molar-refractivity contribution in [1.82, 2.24) is 20.2 Å². The van der Waals surface area contributed by atoms with Crippen LogP contribution in [0.15, 0.2) is 6.33 Å². The number of rotatable bonds is 6. The van der Waals surface area contributed by atoms with Crippen LogP contribution in [0.25, 0.3) is 10.2 Å². The van der Waals surface area contributed by atoms with Crippen molar-refractivity contribution < 1.29 is 9.53 Å². The monoisotopic (exact) mass is 389 g/mol. The van der Waals surface area contributed by atoms with E-state index in [1.807, 2.05) is 6.92 Å². The number of amides is 1. The second-order valence-electron chi connectivity index (χ2n) is 7.29. The summed E-state index contributed by atoms with van der Waals surface area (Å²) in [5.41, 5.74) is 0.972. The van der Waals surface area contributed by atoms with E-state index in [1.165, 1.54) is 24.2 Å². The van der Waals surface area contributed by atoms with Crippen LogP contribution in [0, 0.1) is 6.92 Å². The van der Waals surface area contributed by atoms with Gasteiger partial charge in [0.25, 0.3) is 5.91 Å². The van der Waals surface area contributed by atoms with E-state index in [9.17, 15) is 4.79 Å². The molecular formula is C19H27N5O2S. The number of fused-ring (bicyclic) bond motifs is 1. The van der Waals surface area contributed by atoms with Crippen molar-refractivity contribution >= 4 is 33.3 Å². The fraction of sp³-hybridized carbons (Fsp3) is 0.632. The Kier molecular flexibility index (Phi) is 5.85. The summed E-state index contributed by atoms with van der Waals surface area (Å²) in [5, 5.41) is 7.60. The van der Waals surface area contributed by atoms with Gasteiger partial charge in [-0.15, -0.1) is 11.3 Å². The fourth-order valence-corrected chi connectivity index (χ4v) is 4.95. The number of nitrogens with zero attached hydrogens (tertiary/aromatic N) is 3. The molecule has 1 amide bonds. The van der Waals surface area contributed by atoms with E-state index in [0.717, 1.165) is 78.7 Å². The Hall–Kier alpha value is -1.77. The van der Waals surface area contributed by atoms with Gasteiger partial charge in [-0.1, -0.05) is 12.8 Å². The smallest absolute Gasteiger partial charge is 0.261 e. The first-order valence-corrected chi connectivity index (χ1v) is 10.6. The van der Waals surface area contributed by atoms with Crippen LogP contribution < -0.4 is 10.6 Å². The van der Waals surface area contributed by atoms with Crippen molar-refractivity contribution in [3.63, 3.8) is 0 Å². The Morgan fingerprint density at radius 2 is 2.07 bits per heavy atom. The second kappa shape index (κ2) is 8.50. The minimum absolute atomic E-state index is 0.0293. The van der Waals surface area contributed by atoms with Gasteiger partial charge in [-0.3, -0.25) is 9.69 Å². The van der Waals surface area contributed by atoms with E-state index in [1.54, 1.807) is 6.33 Å². The molecule has 2 fully saturated rings. The minimum Gasteiger partial charge on any atom is -0.379 e. The van der Waals surface area contributed by atoms with Crippen LogP contribution >= 0.6 is 11.3 Å². The fourth-order valence-electron chi connectivity index (χ4n) is 3.90. The topological polar surface area (TPSA) is 79.4 Å². The number of carbonyl (C=O) groups is 1. The number of anilines is 1. The van der Waals surface area contributed by atoms with Crippen LogP contribution in [-0.4, -0.2) is 66.2 Å². The summed E-state index contributed by atoms with van der Waals surface area (Å²) in [5.74, 6) is 0.851. The Bertz CT molecular complexity index is 797. The number of ether oxygens (including phenoxy) is 1. The molecule has 146 valence electrons. The molecule has 2 N–H and O–H groups in total. The zero-order valence-electron chi connectivity index (χ0n) is 15.8. The van der Waals surface area contributed by atoms with Crippen molar-refractivity contribution in [2.45, 2.75) is 38.6 Å². The van der Waals surface area contributed by atoms with Gasteiger partial charge in [0.05, 0.1) is 23.5 Å². The zero-order valence-corrected chi connectivity index (χ0v) is 16.6. The van der Waals surface area contributed by atoms with Gasteiger partial charge >= 0.3 is 0 Å². The van der Waals surface area contributed by atoms with Gasteiger partial charge in [-0.05, 0) is 25.3 Å². The molecule has 0 unspecified atom stereocenters. The lowest BCUT2D eigenvalue weighted by molar-refractivity contribution is 0.0398. The highest BCUT2D eigenvalue weighted by atomic mass is 32.1. The number of aromatic nitrogens is 2. The van der Waals surface area contributed by atoms with Gasteiger partial charge in [-0.2, -0.15) is 0 Å². The average Bonchev–Trinajstić information content (AvgIpc) is 3.31. The Morgan fingerprint density at radius 1 is 1.30 bits per heavy atom. The van der Waals surface area contributed by atoms with Crippen molar-refractivity contribution in [3.8, 4) is 0 Å². The Balaban J connectivity index is 1.46. The maximum absolute atomic E-state index is 12.7. The number of nitrogens with one attached hydrogen (secondary N) is 2. The van der Waals surface area contributed by atoms with E-state index < -0.39 is 0 Å². The number of carbonyl (C=O) groups excluding carboxylic acids is 1. The number of hydrogen-bond acceptors (Lipinski definition) is 7. The summed E-state index contributed by atoms with van der Waals surface area (Å²) in [6.07, 6.45) is 6.17. The molecule has 27 heavy (non-hydrogen) atoms. The van der Waals surface area contributed by atoms with E-state index in [2.05, 4.69) is 25.5 Å². The van der Waals surface area contributed by atoms with Crippen molar-refractivity contribution in [2.24, 2.45) is 0 Å². The molecule has 0 aromatic carbocycles. The van der Waals surface area contributed by atoms with Gasteiger partial charge in [-0.25, -0.2) is 9.97 Å². The highest BCUT2D eigenvalue weighted by Gasteiger charge is 2.23. The lowest BCUT2D eigenvalue weighted by atomic mass is 10.2. The summed E-state index contributed by atoms with van der Waals surface area (Å²) in [6, 6.07) is 0.319. The Morgan fingerprint density at radius 3 is 2.85 bits per heavy atom. The first-order valence-electron chi connectivity index (χ1n) is 9.81. The first-order chi connectivity index (χ1) is 13.2. The molecule has 1 saturated carbocycles. The van der Waals surface area contributed by atoms with Gasteiger partial charge in [0.1, 0.15) is 17.0 Å². The highest BCUT2D eigenvalue weighted by molar-refractivity contribution is 7.20. The average molecular weight is 390 g/mol. The van der Waals surface area contributed by atoms with Crippen LogP contribution in [0.2, 0.25) is 0 Å². The summed E-state index contributed by atoms with van der Waals surface area (Å²) in [6.45, 7) is 7.33. The SMILES string of the molecule is Cc1c(C(=O)NC2CCCC2)sc2ncnc(NCCN3CCOCC3)c12. The molecule has 8 heteroatoms. The van der Waals surface area contributed by atoms with Crippen molar-refractivity contribution in [3.05, 3.63) is 16.8 Å². The van der Waals surface area contributed by atoms with Gasteiger partial charge in [0, 0.05) is 32.2 Å². The molecule has 4 rings (SSSR count). The molecule has 1 saturated heterocycles. The van der Waals surface area contributed by atoms with E-state index in [0.29, 0.717) is 6.04 Å². The van der Waals surface area contributed by atoms with Crippen LogP contribution in [0.1, 0.15) is 40.9 Å². The summed E-state index contributed by atoms with van der Waals surface area (Å²) < 4.78 is 5.39. The third-order valence-electron chi connectivity index (χ3n) is 5.45. The number of aryl methyl sites for hydroxylation is 1. The van der Waals surface area contributed by atoms with Gasteiger partial charge < -0.3 is 15.4 Å². The van der Waals surface area contributed by atoms with Crippen LogP contribution in [0.3, 0.4) is 0 Å². The standard InChI is InChI=1S/C19H27N5O2S/c1-13-15-17(20-6-7-24-8-10-26-11-9-24)21-12-22-19(15)27-16(13)18(25)23-14-4-2-3-5-14/h12,14H,2-11H2,1H3,(H,23,25)(H,20,21,22). The summed E-state index contributed by atoms with van der Waals surface area (Å²) in [7, 11) is 0. The first kappa shape index (κ1) is 18.6. The molecule has 2 aliphatic rings. The zero-order chi connectivity index (χ0) is 18.6. The number of morpholine rings is 1. The van der Waals surface area contributed by atoms with Crippen LogP contribution in [-0.2, 0) is 4.74 Å². The molecule has 2 aromatic rings. The molecule has 0 atom stereocenters. The van der Waals surface area contributed by atoms with Gasteiger partial charge in [0.2, 0.25) is 0 Å². The maximum atomic E-state index is 12.7. The molecule has 1 aliphatic carbocycles. The summed E-state index contributed by atoms with van der Waals surface area (Å²) >= 11 is 1.46. The molecule has 2 aromatic heterocycles. The predicted octanol–water partition coefficient (Wildman–Crippen LogP) is 2.42. The molecular weight excluding hydrogens is 362 g/mol. The lowest BCUT2D eigenvalue weighted by Crippen LogP contribution is -2.39. The van der Waals surface area contributed by atoms with Gasteiger partial charge in [0.15, 0.2) is 0 Å². The third-order valence-corrected chi connectivity index (χ3v) is 6.65. The second-order valence-corrected chi connectivity index (χ2v) is 8.29. The number of hydrogen-bond donors (Lipinski definition) is 2. The lowest BCUT2D eigenvalue weighted by Gasteiger charge is -2.26. The number of thiophene rings is 1. The van der Waals surface area contributed by atoms with Crippen molar-refractivity contribution in [2.75, 3.05) is 44.7 Å². The molecule has 0 spiro atoms. The van der Waals surface area contributed by atoms with Crippen LogP contribution in [0.4, 0.5) is 5.82 Å². The molecule has 1 aliphatic heterocycles. The largest absolute Gasteiger partial charge is 0.379 e. The van der Waals surface area contributed by atoms with Crippen molar-refractivity contribution in [1.29, 1.82) is 0 Å². The highest BCUT2D eigenvalue weighted by Crippen LogP contribution is 2.33. The Labute approximate surface area is 163 Å². The van der Waals surface area contributed by atoms with E-state index in [4.69, 9.17) is 4.74 Å². The maximum Gasteiger partial charge on any atom is 0.261 e. The quantitative estimate of drug-likeness (QED) is 0.790. The predicted molar refractivity (Wildman–Crippen MR) is 108 cm³/mol. The molecule has 7 nitrogen and oxygen atoms in total.